The summed E-state index contributed by atoms with van der Waals surface area (Å²) in [5, 5.41) is 0.221. The molecule has 1 aromatic carbocycles. The van der Waals surface area contributed by atoms with Gasteiger partial charge in [0.25, 0.3) is 0 Å². The molecule has 0 spiro atoms. The van der Waals surface area contributed by atoms with Crippen LogP contribution in [0.3, 0.4) is 0 Å². The van der Waals surface area contributed by atoms with E-state index in [4.69, 9.17) is 17.3 Å². The summed E-state index contributed by atoms with van der Waals surface area (Å²) in [6, 6.07) is 1.84. The van der Waals surface area contributed by atoms with E-state index < -0.39 is 11.6 Å². The highest BCUT2D eigenvalue weighted by atomic mass is 35.5. The van der Waals surface area contributed by atoms with Crippen LogP contribution in [-0.2, 0) is 0 Å². The van der Waals surface area contributed by atoms with E-state index in [1.165, 1.54) is 0 Å². The second-order valence-corrected chi connectivity index (χ2v) is 4.77. The normalized spacial score (nSPS) is 19.0. The molecule has 4 heteroatoms. The highest BCUT2D eigenvalue weighted by Gasteiger charge is 2.25. The van der Waals surface area contributed by atoms with Gasteiger partial charge in [-0.05, 0) is 36.5 Å². The minimum Gasteiger partial charge on any atom is -0.324 e. The zero-order valence-corrected chi connectivity index (χ0v) is 9.61. The Labute approximate surface area is 98.6 Å². The summed E-state index contributed by atoms with van der Waals surface area (Å²) in [7, 11) is 0. The first-order valence-corrected chi connectivity index (χ1v) is 5.87. The molecule has 2 rings (SSSR count). The fourth-order valence-electron chi connectivity index (χ4n) is 2.36. The van der Waals surface area contributed by atoms with E-state index >= 15 is 0 Å². The van der Waals surface area contributed by atoms with Crippen molar-refractivity contribution in [1.29, 1.82) is 0 Å². The smallest absolute Gasteiger partial charge is 0.160 e. The van der Waals surface area contributed by atoms with Gasteiger partial charge in [-0.2, -0.15) is 0 Å². The van der Waals surface area contributed by atoms with Gasteiger partial charge in [-0.25, -0.2) is 8.78 Å². The van der Waals surface area contributed by atoms with Crippen molar-refractivity contribution < 1.29 is 8.78 Å². The maximum atomic E-state index is 13.1. The van der Waals surface area contributed by atoms with Gasteiger partial charge in [0, 0.05) is 11.1 Å². The van der Waals surface area contributed by atoms with Gasteiger partial charge in [0.05, 0.1) is 0 Å². The van der Waals surface area contributed by atoms with Crippen molar-refractivity contribution in [2.45, 2.75) is 31.7 Å². The van der Waals surface area contributed by atoms with E-state index in [1.54, 1.807) is 0 Å². The molecule has 1 saturated carbocycles. The van der Waals surface area contributed by atoms with Crippen molar-refractivity contribution in [2.75, 3.05) is 0 Å². The number of benzene rings is 1. The molecule has 1 unspecified atom stereocenters. The molecule has 1 aliphatic carbocycles. The lowest BCUT2D eigenvalue weighted by atomic mass is 9.92. The lowest BCUT2D eigenvalue weighted by Crippen LogP contribution is -2.19. The molecule has 0 bridgehead atoms. The van der Waals surface area contributed by atoms with Crippen LogP contribution in [0, 0.1) is 17.6 Å². The van der Waals surface area contributed by atoms with Crippen molar-refractivity contribution in [3.8, 4) is 0 Å². The van der Waals surface area contributed by atoms with Crippen LogP contribution >= 0.6 is 11.6 Å². The quantitative estimate of drug-likeness (QED) is 0.788. The van der Waals surface area contributed by atoms with Crippen LogP contribution in [0.1, 0.15) is 37.3 Å². The average molecular weight is 246 g/mol. The maximum Gasteiger partial charge on any atom is 0.160 e. The van der Waals surface area contributed by atoms with Crippen molar-refractivity contribution in [3.63, 3.8) is 0 Å². The summed E-state index contributed by atoms with van der Waals surface area (Å²) in [6.07, 6.45) is 4.38. The summed E-state index contributed by atoms with van der Waals surface area (Å²) in [5.41, 5.74) is 6.57. The van der Waals surface area contributed by atoms with Crippen LogP contribution in [0.5, 0.6) is 0 Å². The van der Waals surface area contributed by atoms with Crippen molar-refractivity contribution >= 4 is 11.6 Å². The van der Waals surface area contributed by atoms with E-state index in [1.807, 2.05) is 0 Å². The molecule has 0 heterocycles. The molecule has 2 N–H and O–H groups in total. The predicted molar refractivity (Wildman–Crippen MR) is 60.3 cm³/mol. The molecule has 1 aromatic rings. The van der Waals surface area contributed by atoms with Gasteiger partial charge < -0.3 is 5.73 Å². The van der Waals surface area contributed by atoms with Gasteiger partial charge in [0.1, 0.15) is 0 Å². The second-order valence-electron chi connectivity index (χ2n) is 4.36. The van der Waals surface area contributed by atoms with Gasteiger partial charge >= 0.3 is 0 Å². The maximum absolute atomic E-state index is 13.1. The molecule has 1 aliphatic rings. The van der Waals surface area contributed by atoms with E-state index in [2.05, 4.69) is 0 Å². The van der Waals surface area contributed by atoms with Crippen LogP contribution in [-0.4, -0.2) is 0 Å². The Hall–Kier alpha value is -0.670. The molecule has 0 radical (unpaired) electrons. The first-order valence-electron chi connectivity index (χ1n) is 5.49. The molecular weight excluding hydrogens is 232 g/mol. The molecule has 16 heavy (non-hydrogen) atoms. The largest absolute Gasteiger partial charge is 0.324 e. The Morgan fingerprint density at radius 3 is 2.38 bits per heavy atom. The van der Waals surface area contributed by atoms with Gasteiger partial charge in [-0.3, -0.25) is 0 Å². The molecule has 0 saturated heterocycles. The highest BCUT2D eigenvalue weighted by molar-refractivity contribution is 6.31. The summed E-state index contributed by atoms with van der Waals surface area (Å²) in [5.74, 6) is -1.47. The Bertz CT molecular complexity index is 389. The Kier molecular flexibility index (Phi) is 3.45. The molecule has 1 fully saturated rings. The number of nitrogens with two attached hydrogens (primary N) is 1. The lowest BCUT2D eigenvalue weighted by molar-refractivity contribution is 0.439. The van der Waals surface area contributed by atoms with Gasteiger partial charge in [0.2, 0.25) is 0 Å². The summed E-state index contributed by atoms with van der Waals surface area (Å²) >= 11 is 5.89. The number of halogens is 3. The van der Waals surface area contributed by atoms with E-state index in [0.29, 0.717) is 11.5 Å². The van der Waals surface area contributed by atoms with Crippen LogP contribution in [0.2, 0.25) is 5.02 Å². The van der Waals surface area contributed by atoms with Crippen molar-refractivity contribution in [1.82, 2.24) is 0 Å². The van der Waals surface area contributed by atoms with Crippen LogP contribution < -0.4 is 5.73 Å². The van der Waals surface area contributed by atoms with E-state index in [9.17, 15) is 8.78 Å². The molecule has 88 valence electrons. The third-order valence-corrected chi connectivity index (χ3v) is 3.63. The van der Waals surface area contributed by atoms with Crippen molar-refractivity contribution in [3.05, 3.63) is 34.4 Å². The summed E-state index contributed by atoms with van der Waals surface area (Å²) in [4.78, 5) is 0. The predicted octanol–water partition coefficient (Wildman–Crippen LogP) is 3.81. The first-order chi connectivity index (χ1) is 7.59. The Balaban J connectivity index is 2.28. The second kappa shape index (κ2) is 4.68. The zero-order chi connectivity index (χ0) is 11.7. The molecule has 0 amide bonds. The highest BCUT2D eigenvalue weighted by Crippen LogP contribution is 2.37. The molecule has 0 aromatic heterocycles. The van der Waals surface area contributed by atoms with Crippen molar-refractivity contribution in [2.24, 2.45) is 11.7 Å². The summed E-state index contributed by atoms with van der Waals surface area (Å²) in [6.45, 7) is 0. The fraction of sp³-hybridized carbons (Fsp3) is 0.500. The SMILES string of the molecule is NC(c1cc(F)c(F)cc1Cl)C1CCCC1. The number of rotatable bonds is 2. The van der Waals surface area contributed by atoms with Gasteiger partial charge in [-0.1, -0.05) is 24.4 Å². The topological polar surface area (TPSA) is 26.0 Å². The Morgan fingerprint density at radius 2 is 1.75 bits per heavy atom. The van der Waals surface area contributed by atoms with E-state index in [0.717, 1.165) is 37.8 Å². The molecule has 1 atom stereocenters. The number of hydrogen-bond acceptors (Lipinski definition) is 1. The molecule has 1 nitrogen and oxygen atoms in total. The summed E-state index contributed by atoms with van der Waals surface area (Å²) < 4.78 is 26.0. The standard InChI is InChI=1S/C12H14ClF2N/c13-9-6-11(15)10(14)5-8(9)12(16)7-3-1-2-4-7/h5-7,12H,1-4,16H2. The minimum absolute atomic E-state index is 0.221. The van der Waals surface area contributed by atoms with Gasteiger partial charge in [0.15, 0.2) is 11.6 Å². The third-order valence-electron chi connectivity index (χ3n) is 3.31. The molecular formula is C12H14ClF2N. The fourth-order valence-corrected chi connectivity index (χ4v) is 2.64. The first kappa shape index (κ1) is 11.8. The van der Waals surface area contributed by atoms with Crippen LogP contribution in [0.4, 0.5) is 8.78 Å². The van der Waals surface area contributed by atoms with E-state index in [-0.39, 0.29) is 11.1 Å². The molecule has 0 aliphatic heterocycles. The number of hydrogen-bond donors (Lipinski definition) is 1. The third kappa shape index (κ3) is 2.20. The monoisotopic (exact) mass is 245 g/mol. The van der Waals surface area contributed by atoms with Crippen LogP contribution in [0.15, 0.2) is 12.1 Å². The zero-order valence-electron chi connectivity index (χ0n) is 8.85. The van der Waals surface area contributed by atoms with Crippen LogP contribution in [0.25, 0.3) is 0 Å². The lowest BCUT2D eigenvalue weighted by Gasteiger charge is -2.20. The van der Waals surface area contributed by atoms with Gasteiger partial charge in [-0.15, -0.1) is 0 Å². The minimum atomic E-state index is -0.924. The average Bonchev–Trinajstić information content (AvgIpc) is 2.75. The Morgan fingerprint density at radius 1 is 1.19 bits per heavy atom.